The maximum atomic E-state index is 11.9. The van der Waals surface area contributed by atoms with Crippen LogP contribution in [0.25, 0.3) is 0 Å². The number of carbonyl (C=O) groups is 1. The maximum Gasteiger partial charge on any atom is 0.336 e. The summed E-state index contributed by atoms with van der Waals surface area (Å²) in [7, 11) is -2.57. The molecule has 2 rings (SSSR count). The van der Waals surface area contributed by atoms with Gasteiger partial charge in [0.2, 0.25) is 0 Å². The van der Waals surface area contributed by atoms with E-state index >= 15 is 0 Å². The smallest absolute Gasteiger partial charge is 0.336 e. The summed E-state index contributed by atoms with van der Waals surface area (Å²) in [6.45, 7) is 3.67. The lowest BCUT2D eigenvalue weighted by molar-refractivity contribution is -0.159. The van der Waals surface area contributed by atoms with Crippen molar-refractivity contribution in [2.75, 3.05) is 7.05 Å². The summed E-state index contributed by atoms with van der Waals surface area (Å²) in [6.07, 6.45) is 0.107. The van der Waals surface area contributed by atoms with Crippen LogP contribution in [0.3, 0.4) is 0 Å². The van der Waals surface area contributed by atoms with E-state index in [-0.39, 0.29) is 24.1 Å². The first kappa shape index (κ1) is 15.7. The number of fused-ring (bicyclic) bond motifs is 2. The molecule has 8 heteroatoms. The zero-order valence-corrected chi connectivity index (χ0v) is 12.7. The Kier molecular flexibility index (Phi) is 4.68. The molecular formula is C12H21NO6S. The van der Waals surface area contributed by atoms with Crippen molar-refractivity contribution in [1.29, 1.82) is 0 Å². The maximum absolute atomic E-state index is 11.9. The standard InChI is InChI=1S/C12H21NO6S/c1-4-7(2)12(14)18-10-8-5-6-9(17-8)11(10)19-20(15,16)13-3/h7-11,13H,4-6H2,1-3H3. The molecule has 2 saturated heterocycles. The van der Waals surface area contributed by atoms with Crippen LogP contribution in [-0.4, -0.2) is 45.9 Å². The van der Waals surface area contributed by atoms with E-state index in [0.29, 0.717) is 12.8 Å². The van der Waals surface area contributed by atoms with Gasteiger partial charge in [0.1, 0.15) is 6.10 Å². The molecule has 20 heavy (non-hydrogen) atoms. The summed E-state index contributed by atoms with van der Waals surface area (Å²) in [5.74, 6) is -0.570. The van der Waals surface area contributed by atoms with Crippen molar-refractivity contribution in [2.45, 2.75) is 57.5 Å². The molecule has 2 heterocycles. The number of carbonyl (C=O) groups excluding carboxylic acids is 1. The van der Waals surface area contributed by atoms with E-state index in [4.69, 9.17) is 13.7 Å². The van der Waals surface area contributed by atoms with Gasteiger partial charge in [-0.05, 0) is 19.3 Å². The van der Waals surface area contributed by atoms with E-state index in [1.54, 1.807) is 6.92 Å². The second-order valence-corrected chi connectivity index (χ2v) is 6.73. The van der Waals surface area contributed by atoms with Crippen LogP contribution in [0.1, 0.15) is 33.1 Å². The number of hydrogen-bond donors (Lipinski definition) is 1. The number of esters is 1. The predicted octanol–water partition coefficient (Wildman–Crippen LogP) is 0.355. The molecule has 0 saturated carbocycles. The van der Waals surface area contributed by atoms with Gasteiger partial charge in [-0.2, -0.15) is 13.1 Å². The molecule has 0 aliphatic carbocycles. The Labute approximate surface area is 119 Å². The molecule has 2 fully saturated rings. The van der Waals surface area contributed by atoms with Crippen LogP contribution >= 0.6 is 0 Å². The predicted molar refractivity (Wildman–Crippen MR) is 70.1 cm³/mol. The molecule has 5 unspecified atom stereocenters. The Morgan fingerprint density at radius 2 is 1.95 bits per heavy atom. The van der Waals surface area contributed by atoms with E-state index in [0.717, 1.165) is 6.42 Å². The quantitative estimate of drug-likeness (QED) is 0.712. The molecule has 2 aliphatic heterocycles. The first-order valence-electron chi connectivity index (χ1n) is 6.85. The Bertz CT molecular complexity index is 465. The van der Waals surface area contributed by atoms with Crippen LogP contribution in [0, 0.1) is 5.92 Å². The average molecular weight is 307 g/mol. The lowest BCUT2D eigenvalue weighted by atomic mass is 9.94. The van der Waals surface area contributed by atoms with Crippen molar-refractivity contribution in [3.05, 3.63) is 0 Å². The van der Waals surface area contributed by atoms with E-state index in [9.17, 15) is 13.2 Å². The summed E-state index contributed by atoms with van der Waals surface area (Å²) < 4.78 is 41.2. The third-order valence-electron chi connectivity index (χ3n) is 3.90. The van der Waals surface area contributed by atoms with Crippen LogP contribution in [0.4, 0.5) is 0 Å². The fraction of sp³-hybridized carbons (Fsp3) is 0.917. The van der Waals surface area contributed by atoms with E-state index in [1.165, 1.54) is 7.05 Å². The van der Waals surface area contributed by atoms with Gasteiger partial charge in [0.15, 0.2) is 6.10 Å². The second-order valence-electron chi connectivity index (χ2n) is 5.22. The van der Waals surface area contributed by atoms with Crippen molar-refractivity contribution >= 4 is 16.3 Å². The van der Waals surface area contributed by atoms with Gasteiger partial charge in [0.25, 0.3) is 0 Å². The molecule has 0 aromatic carbocycles. The van der Waals surface area contributed by atoms with Crippen molar-refractivity contribution in [1.82, 2.24) is 4.72 Å². The highest BCUT2D eigenvalue weighted by molar-refractivity contribution is 7.84. The fourth-order valence-electron chi connectivity index (χ4n) is 2.47. The SMILES string of the molecule is CCC(C)C(=O)OC1C2CCC(O2)C1OS(=O)(=O)NC. The van der Waals surface area contributed by atoms with Crippen LogP contribution in [0.2, 0.25) is 0 Å². The van der Waals surface area contributed by atoms with Gasteiger partial charge >= 0.3 is 16.3 Å². The number of ether oxygens (including phenoxy) is 2. The summed E-state index contributed by atoms with van der Waals surface area (Å²) >= 11 is 0. The van der Waals surface area contributed by atoms with Crippen molar-refractivity contribution in [2.24, 2.45) is 5.92 Å². The summed E-state index contributed by atoms with van der Waals surface area (Å²) in [6, 6.07) is 0. The first-order valence-corrected chi connectivity index (χ1v) is 8.26. The van der Waals surface area contributed by atoms with Crippen molar-refractivity contribution in [3.8, 4) is 0 Å². The van der Waals surface area contributed by atoms with E-state index in [2.05, 4.69) is 4.72 Å². The Morgan fingerprint density at radius 3 is 2.50 bits per heavy atom. The molecule has 1 N–H and O–H groups in total. The van der Waals surface area contributed by atoms with E-state index < -0.39 is 22.5 Å². The zero-order valence-electron chi connectivity index (χ0n) is 11.9. The van der Waals surface area contributed by atoms with E-state index in [1.807, 2.05) is 6.92 Å². The molecule has 7 nitrogen and oxygen atoms in total. The molecule has 0 spiro atoms. The number of rotatable bonds is 6. The lowest BCUT2D eigenvalue weighted by Gasteiger charge is -2.27. The molecule has 2 bridgehead atoms. The molecule has 0 radical (unpaired) electrons. The van der Waals surface area contributed by atoms with Crippen LogP contribution in [0.5, 0.6) is 0 Å². The highest BCUT2D eigenvalue weighted by Gasteiger charge is 2.53. The third-order valence-corrected chi connectivity index (χ3v) is 4.87. The van der Waals surface area contributed by atoms with Gasteiger partial charge in [-0.3, -0.25) is 4.79 Å². The van der Waals surface area contributed by atoms with Gasteiger partial charge in [-0.15, -0.1) is 0 Å². The van der Waals surface area contributed by atoms with Gasteiger partial charge in [-0.1, -0.05) is 13.8 Å². The van der Waals surface area contributed by atoms with Gasteiger partial charge in [0.05, 0.1) is 18.1 Å². The van der Waals surface area contributed by atoms with Crippen LogP contribution in [0.15, 0.2) is 0 Å². The van der Waals surface area contributed by atoms with Crippen molar-refractivity contribution < 1.29 is 26.9 Å². The summed E-state index contributed by atoms with van der Waals surface area (Å²) in [4.78, 5) is 11.9. The zero-order chi connectivity index (χ0) is 14.9. The Morgan fingerprint density at radius 1 is 1.35 bits per heavy atom. The normalized spacial score (nSPS) is 34.1. The summed E-state index contributed by atoms with van der Waals surface area (Å²) in [5.41, 5.74) is 0. The minimum atomic E-state index is -3.84. The summed E-state index contributed by atoms with van der Waals surface area (Å²) in [5, 5.41) is 0. The Balaban J connectivity index is 2.07. The minimum absolute atomic E-state index is 0.226. The molecule has 0 amide bonds. The highest BCUT2D eigenvalue weighted by Crippen LogP contribution is 2.39. The largest absolute Gasteiger partial charge is 0.456 e. The molecule has 116 valence electrons. The van der Waals surface area contributed by atoms with Gasteiger partial charge < -0.3 is 9.47 Å². The Hall–Kier alpha value is -0.700. The second kappa shape index (κ2) is 5.97. The molecule has 5 atom stereocenters. The molecule has 2 aliphatic rings. The monoisotopic (exact) mass is 307 g/mol. The molecule has 0 aromatic heterocycles. The average Bonchev–Trinajstić information content (AvgIpc) is 3.00. The van der Waals surface area contributed by atoms with Crippen LogP contribution in [-0.2, 0) is 28.8 Å². The lowest BCUT2D eigenvalue weighted by Crippen LogP contribution is -2.45. The van der Waals surface area contributed by atoms with Crippen molar-refractivity contribution in [3.63, 3.8) is 0 Å². The topological polar surface area (TPSA) is 90.9 Å². The van der Waals surface area contributed by atoms with Gasteiger partial charge in [0, 0.05) is 7.05 Å². The molecular weight excluding hydrogens is 286 g/mol. The van der Waals surface area contributed by atoms with Crippen LogP contribution < -0.4 is 4.72 Å². The first-order chi connectivity index (χ1) is 9.38. The number of nitrogens with one attached hydrogen (secondary N) is 1. The fourth-order valence-corrected chi connectivity index (χ4v) is 3.09. The molecule has 0 aromatic rings. The van der Waals surface area contributed by atoms with Gasteiger partial charge in [-0.25, -0.2) is 4.18 Å². The minimum Gasteiger partial charge on any atom is -0.456 e. The third kappa shape index (κ3) is 3.13. The highest BCUT2D eigenvalue weighted by atomic mass is 32.2. The number of hydrogen-bond acceptors (Lipinski definition) is 6.